The van der Waals surface area contributed by atoms with Gasteiger partial charge in [-0.05, 0) is 60.5 Å². The average Bonchev–Trinajstić information content (AvgIpc) is 3.09. The van der Waals surface area contributed by atoms with Gasteiger partial charge in [0.2, 0.25) is 0 Å². The summed E-state index contributed by atoms with van der Waals surface area (Å²) in [5.74, 6) is 0.756. The second-order valence-corrected chi connectivity index (χ2v) is 8.48. The summed E-state index contributed by atoms with van der Waals surface area (Å²) in [6.07, 6.45) is 9.42. The Bertz CT molecular complexity index is 904. The molecule has 1 heterocycles. The first-order valence-electron chi connectivity index (χ1n) is 10.7. The minimum atomic E-state index is -0.115. The lowest BCUT2D eigenvalue weighted by Gasteiger charge is -2.06. The number of carbonyl (C=O) groups excluding carboxylic acids is 1. The van der Waals surface area contributed by atoms with Crippen LogP contribution in [0.4, 0.5) is 5.69 Å². The number of amides is 1. The number of unbranched alkanes of at least 4 members (excludes halogenated alkanes) is 5. The van der Waals surface area contributed by atoms with Crippen molar-refractivity contribution in [3.63, 3.8) is 0 Å². The standard InChI is InChI=1S/C25H30N2O2S/c1-3-4-5-6-7-10-17-29-21-15-13-20(14-16-21)18-23-24(28)27-25(30-23)26-22-12-9-8-11-19(22)2/h8-9,11-16,18H,3-7,10,17H2,1-2H3,(H,26,27,28)/b23-18-. The number of amidine groups is 1. The van der Waals surface area contributed by atoms with Gasteiger partial charge in [-0.2, -0.15) is 0 Å². The first kappa shape index (κ1) is 22.2. The van der Waals surface area contributed by atoms with Crippen LogP contribution >= 0.6 is 11.8 Å². The molecule has 2 aromatic carbocycles. The molecule has 3 rings (SSSR count). The molecule has 0 aliphatic carbocycles. The fourth-order valence-corrected chi connectivity index (χ4v) is 4.00. The van der Waals surface area contributed by atoms with E-state index in [1.54, 1.807) is 0 Å². The Balaban J connectivity index is 1.52. The first-order chi connectivity index (χ1) is 14.7. The van der Waals surface area contributed by atoms with Crippen LogP contribution in [0.1, 0.15) is 56.6 Å². The average molecular weight is 423 g/mol. The molecular formula is C25H30N2O2S. The van der Waals surface area contributed by atoms with Crippen molar-refractivity contribution in [3.05, 3.63) is 64.6 Å². The largest absolute Gasteiger partial charge is 0.494 e. The van der Waals surface area contributed by atoms with Crippen LogP contribution in [0.25, 0.3) is 6.08 Å². The number of hydrogen-bond donors (Lipinski definition) is 1. The van der Waals surface area contributed by atoms with Crippen LogP contribution in [0.3, 0.4) is 0 Å². The van der Waals surface area contributed by atoms with Crippen molar-refractivity contribution in [1.82, 2.24) is 5.32 Å². The van der Waals surface area contributed by atoms with Gasteiger partial charge in [-0.15, -0.1) is 0 Å². The minimum Gasteiger partial charge on any atom is -0.494 e. The molecule has 4 nitrogen and oxygen atoms in total. The number of benzene rings is 2. The quantitative estimate of drug-likeness (QED) is 0.345. The zero-order chi connectivity index (χ0) is 21.2. The maximum Gasteiger partial charge on any atom is 0.264 e. The highest BCUT2D eigenvalue weighted by atomic mass is 32.2. The Kier molecular flexibility index (Phi) is 8.57. The van der Waals surface area contributed by atoms with Gasteiger partial charge in [-0.1, -0.05) is 69.4 Å². The molecule has 1 aliphatic heterocycles. The Morgan fingerprint density at radius 1 is 1.00 bits per heavy atom. The first-order valence-corrected chi connectivity index (χ1v) is 11.6. The molecule has 30 heavy (non-hydrogen) atoms. The monoisotopic (exact) mass is 422 g/mol. The maximum atomic E-state index is 12.3. The Labute approximate surface area is 183 Å². The number of thioether (sulfide) groups is 1. The van der Waals surface area contributed by atoms with Gasteiger partial charge in [0.15, 0.2) is 5.17 Å². The molecule has 0 atom stereocenters. The van der Waals surface area contributed by atoms with Gasteiger partial charge >= 0.3 is 0 Å². The number of nitrogens with one attached hydrogen (secondary N) is 1. The highest BCUT2D eigenvalue weighted by Crippen LogP contribution is 2.29. The smallest absolute Gasteiger partial charge is 0.264 e. The van der Waals surface area contributed by atoms with Crippen molar-refractivity contribution in [2.45, 2.75) is 52.4 Å². The SMILES string of the molecule is CCCCCCCCOc1ccc(/C=C2\SC(=Nc3ccccc3C)NC2=O)cc1. The summed E-state index contributed by atoms with van der Waals surface area (Å²) in [7, 11) is 0. The predicted octanol–water partition coefficient (Wildman–Crippen LogP) is 6.63. The molecule has 1 fully saturated rings. The molecule has 0 spiro atoms. The second kappa shape index (κ2) is 11.6. The van der Waals surface area contributed by atoms with Crippen molar-refractivity contribution < 1.29 is 9.53 Å². The van der Waals surface area contributed by atoms with E-state index < -0.39 is 0 Å². The van der Waals surface area contributed by atoms with Crippen LogP contribution in [0, 0.1) is 6.92 Å². The van der Waals surface area contributed by atoms with Gasteiger partial charge < -0.3 is 10.1 Å². The number of rotatable bonds is 10. The summed E-state index contributed by atoms with van der Waals surface area (Å²) in [6, 6.07) is 15.8. The summed E-state index contributed by atoms with van der Waals surface area (Å²) in [5.41, 5.74) is 2.92. The number of carbonyl (C=O) groups is 1. The summed E-state index contributed by atoms with van der Waals surface area (Å²) in [6.45, 7) is 5.00. The molecule has 1 aliphatic rings. The van der Waals surface area contributed by atoms with Gasteiger partial charge in [0.25, 0.3) is 5.91 Å². The molecule has 0 unspecified atom stereocenters. The number of ether oxygens (including phenoxy) is 1. The number of aryl methyl sites for hydroxylation is 1. The Hall–Kier alpha value is -2.53. The number of para-hydroxylation sites is 1. The molecule has 0 saturated carbocycles. The van der Waals surface area contributed by atoms with Gasteiger partial charge in [-0.25, -0.2) is 4.99 Å². The van der Waals surface area contributed by atoms with Crippen molar-refractivity contribution >= 4 is 34.6 Å². The zero-order valence-corrected chi connectivity index (χ0v) is 18.6. The van der Waals surface area contributed by atoms with E-state index in [0.29, 0.717) is 10.1 Å². The molecule has 0 aromatic heterocycles. The molecule has 0 bridgehead atoms. The predicted molar refractivity (Wildman–Crippen MR) is 127 cm³/mol. The fraction of sp³-hybridized carbons (Fsp3) is 0.360. The van der Waals surface area contributed by atoms with Crippen LogP contribution in [0.15, 0.2) is 58.4 Å². The van der Waals surface area contributed by atoms with E-state index in [0.717, 1.165) is 35.6 Å². The minimum absolute atomic E-state index is 0.115. The molecule has 1 saturated heterocycles. The molecule has 2 aromatic rings. The van der Waals surface area contributed by atoms with E-state index in [4.69, 9.17) is 4.74 Å². The van der Waals surface area contributed by atoms with Crippen LogP contribution in [0.5, 0.6) is 5.75 Å². The van der Waals surface area contributed by atoms with E-state index in [1.165, 1.54) is 43.9 Å². The summed E-state index contributed by atoms with van der Waals surface area (Å²) in [5, 5.41) is 3.46. The topological polar surface area (TPSA) is 50.7 Å². The third-order valence-electron chi connectivity index (χ3n) is 4.93. The van der Waals surface area contributed by atoms with Gasteiger partial charge in [0.1, 0.15) is 5.75 Å². The fourth-order valence-electron chi connectivity index (χ4n) is 3.16. The highest BCUT2D eigenvalue weighted by molar-refractivity contribution is 8.18. The van der Waals surface area contributed by atoms with E-state index in [1.807, 2.05) is 61.5 Å². The highest BCUT2D eigenvalue weighted by Gasteiger charge is 2.23. The summed E-state index contributed by atoms with van der Waals surface area (Å²) < 4.78 is 5.83. The molecule has 5 heteroatoms. The summed E-state index contributed by atoms with van der Waals surface area (Å²) in [4.78, 5) is 17.5. The van der Waals surface area contributed by atoms with Gasteiger partial charge in [0, 0.05) is 0 Å². The van der Waals surface area contributed by atoms with Crippen molar-refractivity contribution in [1.29, 1.82) is 0 Å². The van der Waals surface area contributed by atoms with E-state index in [9.17, 15) is 4.79 Å². The van der Waals surface area contributed by atoms with Crippen LogP contribution in [-0.2, 0) is 4.79 Å². The molecule has 0 radical (unpaired) electrons. The van der Waals surface area contributed by atoms with Gasteiger partial charge in [-0.3, -0.25) is 4.79 Å². The number of nitrogens with zero attached hydrogens (tertiary/aromatic N) is 1. The molecule has 158 valence electrons. The van der Waals surface area contributed by atoms with E-state index >= 15 is 0 Å². The molecular weight excluding hydrogens is 392 g/mol. The summed E-state index contributed by atoms with van der Waals surface area (Å²) >= 11 is 1.37. The van der Waals surface area contributed by atoms with Crippen molar-refractivity contribution in [2.24, 2.45) is 4.99 Å². The normalized spacial score (nSPS) is 16.3. The third-order valence-corrected chi connectivity index (χ3v) is 5.84. The second-order valence-electron chi connectivity index (χ2n) is 7.45. The van der Waals surface area contributed by atoms with Crippen LogP contribution in [-0.4, -0.2) is 17.7 Å². The van der Waals surface area contributed by atoms with Crippen molar-refractivity contribution in [3.8, 4) is 5.75 Å². The molecule has 1 N–H and O–H groups in total. The maximum absolute atomic E-state index is 12.3. The van der Waals surface area contributed by atoms with Crippen LogP contribution < -0.4 is 10.1 Å². The lowest BCUT2D eigenvalue weighted by Crippen LogP contribution is -2.19. The molecule has 1 amide bonds. The van der Waals surface area contributed by atoms with Crippen LogP contribution in [0.2, 0.25) is 0 Å². The number of aliphatic imine (C=N–C) groups is 1. The van der Waals surface area contributed by atoms with Gasteiger partial charge in [0.05, 0.1) is 17.2 Å². The van der Waals surface area contributed by atoms with E-state index in [-0.39, 0.29) is 5.91 Å². The zero-order valence-electron chi connectivity index (χ0n) is 17.8. The number of hydrogen-bond acceptors (Lipinski definition) is 4. The third kappa shape index (κ3) is 6.77. The lowest BCUT2D eigenvalue weighted by atomic mass is 10.1. The Morgan fingerprint density at radius 2 is 1.73 bits per heavy atom. The lowest BCUT2D eigenvalue weighted by molar-refractivity contribution is -0.115. The Morgan fingerprint density at radius 3 is 2.50 bits per heavy atom. The van der Waals surface area contributed by atoms with Crippen molar-refractivity contribution in [2.75, 3.05) is 6.61 Å². The van der Waals surface area contributed by atoms with E-state index in [2.05, 4.69) is 17.2 Å².